The van der Waals surface area contributed by atoms with Crippen LogP contribution in [0.3, 0.4) is 0 Å². The molecule has 0 bridgehead atoms. The third-order valence-electron chi connectivity index (χ3n) is 3.51. The molecule has 0 radical (unpaired) electrons. The molecule has 1 aliphatic heterocycles. The molecule has 22 heavy (non-hydrogen) atoms. The third-order valence-corrected chi connectivity index (χ3v) is 5.09. The predicted octanol–water partition coefficient (Wildman–Crippen LogP) is 2.66. The van der Waals surface area contributed by atoms with Gasteiger partial charge in [0.25, 0.3) is 0 Å². The second-order valence-corrected chi connectivity index (χ2v) is 7.64. The Morgan fingerprint density at radius 3 is 2.41 bits per heavy atom. The van der Waals surface area contributed by atoms with Crippen LogP contribution in [0.1, 0.15) is 25.3 Å². The molecule has 1 aromatic carbocycles. The zero-order valence-electron chi connectivity index (χ0n) is 12.3. The van der Waals surface area contributed by atoms with Gasteiger partial charge in [-0.3, -0.25) is 0 Å². The molecule has 0 saturated heterocycles. The molecule has 5 nitrogen and oxygen atoms in total. The second-order valence-electron chi connectivity index (χ2n) is 5.22. The average molecular weight is 342 g/mol. The van der Waals surface area contributed by atoms with Crippen LogP contribution in [-0.2, 0) is 14.6 Å². The minimum absolute atomic E-state index is 0.00768. The van der Waals surface area contributed by atoms with Crippen molar-refractivity contribution < 1.29 is 18.3 Å². The van der Waals surface area contributed by atoms with Gasteiger partial charge in [0.1, 0.15) is 0 Å². The van der Waals surface area contributed by atoms with Gasteiger partial charge in [-0.05, 0) is 31.5 Å². The van der Waals surface area contributed by atoms with Crippen LogP contribution in [0.15, 0.2) is 46.1 Å². The number of nitrogens with one attached hydrogen (secondary N) is 1. The first-order chi connectivity index (χ1) is 10.1. The highest BCUT2D eigenvalue weighted by Crippen LogP contribution is 2.40. The van der Waals surface area contributed by atoms with Crippen LogP contribution in [0.2, 0.25) is 5.02 Å². The average Bonchev–Trinajstić information content (AvgIpc) is 2.35. The van der Waals surface area contributed by atoms with Crippen molar-refractivity contribution in [2.75, 3.05) is 6.26 Å². The number of carboxylic acids is 1. The van der Waals surface area contributed by atoms with Crippen LogP contribution in [0.25, 0.3) is 0 Å². The lowest BCUT2D eigenvalue weighted by Crippen LogP contribution is -2.30. The van der Waals surface area contributed by atoms with Gasteiger partial charge in [-0.15, -0.1) is 0 Å². The van der Waals surface area contributed by atoms with Gasteiger partial charge in [0, 0.05) is 22.7 Å². The maximum Gasteiger partial charge on any atom is 0.334 e. The number of allylic oxidation sites excluding steroid dienone is 3. The summed E-state index contributed by atoms with van der Waals surface area (Å²) >= 11 is 5.98. The number of dihydropyridines is 1. The molecule has 118 valence electrons. The van der Waals surface area contributed by atoms with Gasteiger partial charge in [-0.2, -0.15) is 0 Å². The van der Waals surface area contributed by atoms with Crippen LogP contribution >= 0.6 is 11.6 Å². The smallest absolute Gasteiger partial charge is 0.334 e. The summed E-state index contributed by atoms with van der Waals surface area (Å²) in [6.45, 7) is 3.24. The molecule has 0 aliphatic carbocycles. The van der Waals surface area contributed by atoms with Crippen molar-refractivity contribution >= 4 is 27.4 Å². The molecule has 1 aliphatic rings. The van der Waals surface area contributed by atoms with Crippen molar-refractivity contribution in [3.63, 3.8) is 0 Å². The number of hydrogen-bond acceptors (Lipinski definition) is 4. The van der Waals surface area contributed by atoms with Gasteiger partial charge >= 0.3 is 5.97 Å². The standard InChI is InChI=1S/C15H16ClNO4S/c1-8-12(15(18)19)13(10-5-4-6-11(16)7-10)14(9(2)17-8)22(3,20)21/h4-7,13,17H,1-3H3,(H,18,19). The molecule has 0 amide bonds. The summed E-state index contributed by atoms with van der Waals surface area (Å²) < 4.78 is 24.4. The lowest BCUT2D eigenvalue weighted by molar-refractivity contribution is -0.133. The molecule has 0 saturated carbocycles. The van der Waals surface area contributed by atoms with Crippen molar-refractivity contribution in [1.29, 1.82) is 0 Å². The molecule has 2 N–H and O–H groups in total. The zero-order chi connectivity index (χ0) is 16.7. The summed E-state index contributed by atoms with van der Waals surface area (Å²) in [5, 5.41) is 12.8. The molecule has 1 heterocycles. The fraction of sp³-hybridized carbons (Fsp3) is 0.267. The Bertz CT molecular complexity index is 809. The topological polar surface area (TPSA) is 83.5 Å². The minimum Gasteiger partial charge on any atom is -0.478 e. The maximum atomic E-state index is 12.2. The summed E-state index contributed by atoms with van der Waals surface area (Å²) in [4.78, 5) is 11.7. The summed E-state index contributed by atoms with van der Waals surface area (Å²) in [6.07, 6.45) is 1.07. The molecule has 0 fully saturated rings. The first kappa shape index (κ1) is 16.6. The molecule has 1 aromatic rings. The normalized spacial score (nSPS) is 19.2. The molecule has 0 aromatic heterocycles. The van der Waals surface area contributed by atoms with E-state index < -0.39 is 21.7 Å². The largest absolute Gasteiger partial charge is 0.478 e. The Morgan fingerprint density at radius 1 is 1.27 bits per heavy atom. The summed E-state index contributed by atoms with van der Waals surface area (Å²) in [6, 6.07) is 6.59. The number of aliphatic carboxylic acids is 1. The number of hydrogen-bond donors (Lipinski definition) is 2. The van der Waals surface area contributed by atoms with Crippen molar-refractivity contribution in [2.45, 2.75) is 19.8 Å². The number of carbonyl (C=O) groups is 1. The number of carboxylic acid groups (broad SMARTS) is 1. The third kappa shape index (κ3) is 3.03. The van der Waals surface area contributed by atoms with E-state index in [1.165, 1.54) is 0 Å². The first-order valence-electron chi connectivity index (χ1n) is 6.50. The number of sulfone groups is 1. The van der Waals surface area contributed by atoms with Gasteiger partial charge in [-0.25, -0.2) is 13.2 Å². The SMILES string of the molecule is CC1=C(C(=O)O)C(c2cccc(Cl)c2)C(S(C)(=O)=O)=C(C)N1. The van der Waals surface area contributed by atoms with E-state index in [0.717, 1.165) is 6.26 Å². The van der Waals surface area contributed by atoms with Gasteiger partial charge < -0.3 is 10.4 Å². The molecule has 7 heteroatoms. The Labute approximate surface area is 134 Å². The predicted molar refractivity (Wildman–Crippen MR) is 85.2 cm³/mol. The van der Waals surface area contributed by atoms with Crippen molar-refractivity contribution in [3.8, 4) is 0 Å². The van der Waals surface area contributed by atoms with Crippen LogP contribution in [0, 0.1) is 0 Å². The summed E-state index contributed by atoms with van der Waals surface area (Å²) in [7, 11) is -3.60. The van der Waals surface area contributed by atoms with Crippen LogP contribution < -0.4 is 5.32 Å². The summed E-state index contributed by atoms with van der Waals surface area (Å²) in [5.41, 5.74) is 1.39. The van der Waals surface area contributed by atoms with E-state index in [1.807, 2.05) is 0 Å². The van der Waals surface area contributed by atoms with Crippen LogP contribution in [0.4, 0.5) is 0 Å². The number of rotatable bonds is 3. The van der Waals surface area contributed by atoms with Crippen LogP contribution in [-0.4, -0.2) is 25.7 Å². The monoisotopic (exact) mass is 341 g/mol. The quantitative estimate of drug-likeness (QED) is 0.883. The Morgan fingerprint density at radius 2 is 1.91 bits per heavy atom. The number of halogens is 1. The fourth-order valence-electron chi connectivity index (χ4n) is 2.75. The second kappa shape index (κ2) is 5.78. The highest BCUT2D eigenvalue weighted by molar-refractivity contribution is 7.94. The van der Waals surface area contributed by atoms with Gasteiger partial charge in [0.05, 0.1) is 16.4 Å². The lowest BCUT2D eigenvalue weighted by atomic mass is 9.86. The molecule has 0 spiro atoms. The molecule has 1 unspecified atom stereocenters. The van der Waals surface area contributed by atoms with E-state index in [1.54, 1.807) is 38.1 Å². The molecule has 1 atom stereocenters. The number of benzene rings is 1. The maximum absolute atomic E-state index is 12.2. The first-order valence-corrected chi connectivity index (χ1v) is 8.77. The molecular formula is C15H16ClNO4S. The van der Waals surface area contributed by atoms with E-state index in [4.69, 9.17) is 11.6 Å². The zero-order valence-corrected chi connectivity index (χ0v) is 13.9. The van der Waals surface area contributed by atoms with Crippen molar-refractivity contribution in [3.05, 3.63) is 56.7 Å². The van der Waals surface area contributed by atoms with E-state index >= 15 is 0 Å². The Balaban J connectivity index is 2.79. The van der Waals surface area contributed by atoms with E-state index in [2.05, 4.69) is 5.32 Å². The van der Waals surface area contributed by atoms with Crippen molar-refractivity contribution in [2.24, 2.45) is 0 Å². The highest BCUT2D eigenvalue weighted by Gasteiger charge is 2.37. The van der Waals surface area contributed by atoms with Gasteiger partial charge in [-0.1, -0.05) is 23.7 Å². The Hall–Kier alpha value is -1.79. The Kier molecular flexibility index (Phi) is 4.35. The van der Waals surface area contributed by atoms with E-state index in [-0.39, 0.29) is 10.5 Å². The van der Waals surface area contributed by atoms with Gasteiger partial charge in [0.2, 0.25) is 0 Å². The fourth-order valence-corrected chi connectivity index (χ4v) is 4.24. The molecular weight excluding hydrogens is 326 g/mol. The van der Waals surface area contributed by atoms with E-state index in [9.17, 15) is 18.3 Å². The molecule has 2 rings (SSSR count). The van der Waals surface area contributed by atoms with Crippen molar-refractivity contribution in [1.82, 2.24) is 5.32 Å². The summed E-state index contributed by atoms with van der Waals surface area (Å²) in [5.74, 6) is -2.05. The minimum atomic E-state index is -3.60. The van der Waals surface area contributed by atoms with Crippen LogP contribution in [0.5, 0.6) is 0 Å². The van der Waals surface area contributed by atoms with E-state index in [0.29, 0.717) is 22.0 Å². The highest BCUT2D eigenvalue weighted by atomic mass is 35.5. The lowest BCUT2D eigenvalue weighted by Gasteiger charge is -2.29. The van der Waals surface area contributed by atoms with Gasteiger partial charge in [0.15, 0.2) is 9.84 Å².